The summed E-state index contributed by atoms with van der Waals surface area (Å²) in [5.74, 6) is -0.421. The molecule has 1 N–H and O–H groups in total. The van der Waals surface area contributed by atoms with Gasteiger partial charge in [-0.3, -0.25) is 4.79 Å². The van der Waals surface area contributed by atoms with E-state index >= 15 is 0 Å². The van der Waals surface area contributed by atoms with Crippen molar-refractivity contribution in [2.75, 3.05) is 43.4 Å². The van der Waals surface area contributed by atoms with Gasteiger partial charge in [0.05, 0.1) is 22.0 Å². The summed E-state index contributed by atoms with van der Waals surface area (Å²) in [5, 5.41) is 2.44. The maximum Gasteiger partial charge on any atom is 0.417 e. The van der Waals surface area contributed by atoms with E-state index in [1.165, 1.54) is 24.3 Å². The van der Waals surface area contributed by atoms with Crippen LogP contribution in [0.4, 0.5) is 24.5 Å². The van der Waals surface area contributed by atoms with Crippen LogP contribution in [0.2, 0.25) is 5.02 Å². The van der Waals surface area contributed by atoms with Gasteiger partial charge in [-0.25, -0.2) is 0 Å². The van der Waals surface area contributed by atoms with Crippen molar-refractivity contribution in [2.45, 2.75) is 6.18 Å². The lowest BCUT2D eigenvalue weighted by molar-refractivity contribution is -0.137. The minimum Gasteiger partial charge on any atom is -0.367 e. The number of amides is 1. The zero-order valence-corrected chi connectivity index (χ0v) is 16.6. The Balaban J connectivity index is 1.72. The van der Waals surface area contributed by atoms with Gasteiger partial charge >= 0.3 is 6.18 Å². The van der Waals surface area contributed by atoms with Gasteiger partial charge in [0, 0.05) is 32.3 Å². The highest BCUT2D eigenvalue weighted by Crippen LogP contribution is 2.35. The number of likely N-dealkylation sites (N-methyl/N-ethyl adjacent to an activating group) is 1. The number of carbonyl (C=O) groups is 1. The standard InChI is InChI=1S/C21H21ClF3N3O/c1-27-10-12-28(13-11-27)19-5-3-2-4-18(19)26-20(29)9-7-15-6-8-17(22)16(14-15)21(23,24)25/h2-9,14H,10-13H2,1H3,(H,26,29)/b9-7+. The molecule has 29 heavy (non-hydrogen) atoms. The molecule has 8 heteroatoms. The van der Waals surface area contributed by atoms with Crippen molar-refractivity contribution in [1.29, 1.82) is 0 Å². The molecular formula is C21H21ClF3N3O. The Bertz CT molecular complexity index is 906. The molecule has 1 saturated heterocycles. The van der Waals surface area contributed by atoms with Crippen LogP contribution in [0.15, 0.2) is 48.5 Å². The van der Waals surface area contributed by atoms with Gasteiger partial charge in [-0.15, -0.1) is 0 Å². The average molecular weight is 424 g/mol. The smallest absolute Gasteiger partial charge is 0.367 e. The lowest BCUT2D eigenvalue weighted by Gasteiger charge is -2.35. The minimum absolute atomic E-state index is 0.240. The molecule has 0 radical (unpaired) electrons. The monoisotopic (exact) mass is 423 g/mol. The molecule has 0 unspecified atom stereocenters. The summed E-state index contributed by atoms with van der Waals surface area (Å²) >= 11 is 5.62. The predicted octanol–water partition coefficient (Wildman–Crippen LogP) is 4.76. The predicted molar refractivity (Wildman–Crippen MR) is 110 cm³/mol. The lowest BCUT2D eigenvalue weighted by Crippen LogP contribution is -2.44. The Morgan fingerprint density at radius 3 is 2.48 bits per heavy atom. The normalized spacial score (nSPS) is 15.7. The Kier molecular flexibility index (Phi) is 6.49. The largest absolute Gasteiger partial charge is 0.417 e. The minimum atomic E-state index is -4.55. The van der Waals surface area contributed by atoms with Crippen molar-refractivity contribution in [3.63, 3.8) is 0 Å². The summed E-state index contributed by atoms with van der Waals surface area (Å²) in [7, 11) is 2.07. The van der Waals surface area contributed by atoms with Gasteiger partial charge < -0.3 is 15.1 Å². The van der Waals surface area contributed by atoms with Crippen molar-refractivity contribution >= 4 is 35.0 Å². The highest BCUT2D eigenvalue weighted by molar-refractivity contribution is 6.31. The molecule has 0 saturated carbocycles. The first-order chi connectivity index (χ1) is 13.7. The van der Waals surface area contributed by atoms with Gasteiger partial charge in [0.15, 0.2) is 0 Å². The maximum absolute atomic E-state index is 13.0. The second-order valence-electron chi connectivity index (χ2n) is 6.87. The van der Waals surface area contributed by atoms with Crippen molar-refractivity contribution in [3.05, 3.63) is 64.7 Å². The highest BCUT2D eigenvalue weighted by Gasteiger charge is 2.33. The van der Waals surface area contributed by atoms with Crippen molar-refractivity contribution < 1.29 is 18.0 Å². The molecule has 1 aliphatic rings. The second-order valence-corrected chi connectivity index (χ2v) is 7.27. The lowest BCUT2D eigenvalue weighted by atomic mass is 10.1. The first-order valence-corrected chi connectivity index (χ1v) is 9.50. The summed E-state index contributed by atoms with van der Waals surface area (Å²) in [6, 6.07) is 11.0. The SMILES string of the molecule is CN1CCN(c2ccccc2NC(=O)/C=C/c2ccc(Cl)c(C(F)(F)F)c2)CC1. The van der Waals surface area contributed by atoms with E-state index < -0.39 is 17.6 Å². The van der Waals surface area contributed by atoms with Crippen LogP contribution in [0.3, 0.4) is 0 Å². The number of para-hydroxylation sites is 2. The Hall–Kier alpha value is -2.51. The maximum atomic E-state index is 13.0. The first-order valence-electron chi connectivity index (χ1n) is 9.12. The molecule has 0 atom stereocenters. The summed E-state index contributed by atoms with van der Waals surface area (Å²) in [5.41, 5.74) is 0.901. The number of carbonyl (C=O) groups excluding carboxylic acids is 1. The molecule has 3 rings (SSSR count). The summed E-state index contributed by atoms with van der Waals surface area (Å²) in [6.07, 6.45) is -2.01. The van der Waals surface area contributed by atoms with Crippen LogP contribution in [-0.2, 0) is 11.0 Å². The van der Waals surface area contributed by atoms with Crippen LogP contribution in [0, 0.1) is 0 Å². The molecule has 1 amide bonds. The number of anilines is 2. The third kappa shape index (κ3) is 5.52. The Labute approximate surface area is 172 Å². The van der Waals surface area contributed by atoms with E-state index in [-0.39, 0.29) is 10.6 Å². The molecule has 1 aliphatic heterocycles. The molecule has 0 aliphatic carbocycles. The molecule has 0 spiro atoms. The number of hydrogen-bond acceptors (Lipinski definition) is 3. The van der Waals surface area contributed by atoms with Gasteiger partial charge in [0.25, 0.3) is 0 Å². The number of nitrogens with zero attached hydrogens (tertiary/aromatic N) is 2. The fraction of sp³-hybridized carbons (Fsp3) is 0.286. The van der Waals surface area contributed by atoms with E-state index in [2.05, 4.69) is 22.2 Å². The van der Waals surface area contributed by atoms with Crippen LogP contribution in [0.25, 0.3) is 6.08 Å². The van der Waals surface area contributed by atoms with Crippen LogP contribution >= 0.6 is 11.6 Å². The number of alkyl halides is 3. The van der Waals surface area contributed by atoms with Gasteiger partial charge in [-0.1, -0.05) is 29.8 Å². The average Bonchev–Trinajstić information content (AvgIpc) is 2.68. The summed E-state index contributed by atoms with van der Waals surface area (Å²) in [4.78, 5) is 16.8. The van der Waals surface area contributed by atoms with Crippen molar-refractivity contribution in [3.8, 4) is 0 Å². The van der Waals surface area contributed by atoms with Crippen molar-refractivity contribution in [2.24, 2.45) is 0 Å². The topological polar surface area (TPSA) is 35.6 Å². The molecule has 4 nitrogen and oxygen atoms in total. The van der Waals surface area contributed by atoms with Crippen LogP contribution < -0.4 is 10.2 Å². The zero-order valence-electron chi connectivity index (χ0n) is 15.8. The summed E-state index contributed by atoms with van der Waals surface area (Å²) < 4.78 is 38.9. The molecule has 2 aromatic rings. The second kappa shape index (κ2) is 8.88. The van der Waals surface area contributed by atoms with Crippen LogP contribution in [0.5, 0.6) is 0 Å². The molecule has 154 valence electrons. The Morgan fingerprint density at radius 2 is 1.79 bits per heavy atom. The number of rotatable bonds is 4. The van der Waals surface area contributed by atoms with E-state index in [0.717, 1.165) is 37.9 Å². The fourth-order valence-corrected chi connectivity index (χ4v) is 3.34. The van der Waals surface area contributed by atoms with E-state index in [9.17, 15) is 18.0 Å². The number of nitrogens with one attached hydrogen (secondary N) is 1. The molecule has 2 aromatic carbocycles. The number of halogens is 4. The van der Waals surface area contributed by atoms with E-state index in [0.29, 0.717) is 5.69 Å². The van der Waals surface area contributed by atoms with E-state index in [4.69, 9.17) is 11.6 Å². The third-order valence-corrected chi connectivity index (χ3v) is 5.06. The first kappa shape index (κ1) is 21.2. The molecule has 1 heterocycles. The number of benzene rings is 2. The van der Waals surface area contributed by atoms with Gasteiger partial charge in [0.2, 0.25) is 5.91 Å². The zero-order chi connectivity index (χ0) is 21.0. The number of piperazine rings is 1. The van der Waals surface area contributed by atoms with Crippen molar-refractivity contribution in [1.82, 2.24) is 4.90 Å². The van der Waals surface area contributed by atoms with Gasteiger partial charge in [-0.2, -0.15) is 13.2 Å². The molecular weight excluding hydrogens is 403 g/mol. The number of hydrogen-bond donors (Lipinski definition) is 1. The third-order valence-electron chi connectivity index (χ3n) is 4.73. The van der Waals surface area contributed by atoms with Gasteiger partial charge in [-0.05, 0) is 43.0 Å². The highest BCUT2D eigenvalue weighted by atomic mass is 35.5. The Morgan fingerprint density at radius 1 is 1.10 bits per heavy atom. The molecule has 0 aromatic heterocycles. The fourth-order valence-electron chi connectivity index (χ4n) is 3.11. The summed E-state index contributed by atoms with van der Waals surface area (Å²) in [6.45, 7) is 3.56. The molecule has 0 bridgehead atoms. The van der Waals surface area contributed by atoms with Crippen LogP contribution in [-0.4, -0.2) is 44.0 Å². The van der Waals surface area contributed by atoms with Gasteiger partial charge in [0.1, 0.15) is 0 Å². The quantitative estimate of drug-likeness (QED) is 0.720. The molecule has 1 fully saturated rings. The van der Waals surface area contributed by atoms with E-state index in [1.54, 1.807) is 0 Å². The van der Waals surface area contributed by atoms with Crippen LogP contribution in [0.1, 0.15) is 11.1 Å². The van der Waals surface area contributed by atoms with E-state index in [1.807, 2.05) is 24.3 Å².